The van der Waals surface area contributed by atoms with Crippen molar-refractivity contribution in [3.8, 4) is 0 Å². The average molecular weight is 368 g/mol. The van der Waals surface area contributed by atoms with E-state index in [2.05, 4.69) is 28.3 Å². The third-order valence-corrected chi connectivity index (χ3v) is 4.57. The first-order valence-corrected chi connectivity index (χ1v) is 8.36. The van der Waals surface area contributed by atoms with E-state index in [4.69, 9.17) is 39.8 Å². The summed E-state index contributed by atoms with van der Waals surface area (Å²) in [5.74, 6) is 0.503. The van der Waals surface area contributed by atoms with E-state index in [1.54, 1.807) is 12.1 Å². The number of pyridine rings is 1. The van der Waals surface area contributed by atoms with Crippen LogP contribution in [0.3, 0.4) is 0 Å². The minimum atomic E-state index is 0.394. The van der Waals surface area contributed by atoms with Crippen LogP contribution in [0.25, 0.3) is 11.1 Å². The number of benzene rings is 1. The molecule has 0 unspecified atom stereocenters. The molecule has 4 nitrogen and oxygen atoms in total. The molecule has 120 valence electrons. The number of aromatic amines is 1. The zero-order valence-corrected chi connectivity index (χ0v) is 15.0. The quantitative estimate of drug-likeness (QED) is 0.582. The van der Waals surface area contributed by atoms with E-state index < -0.39 is 0 Å². The largest absolute Gasteiger partial charge is 0.437 e. The fourth-order valence-electron chi connectivity index (χ4n) is 2.40. The van der Waals surface area contributed by atoms with Gasteiger partial charge < -0.3 is 14.7 Å². The molecule has 0 radical (unpaired) electrons. The van der Waals surface area contributed by atoms with E-state index in [1.165, 1.54) is 5.56 Å². The lowest BCUT2D eigenvalue weighted by Crippen LogP contribution is -2.03. The van der Waals surface area contributed by atoms with Gasteiger partial charge in [-0.15, -0.1) is 0 Å². The highest BCUT2D eigenvalue weighted by molar-refractivity contribution is 7.71. The summed E-state index contributed by atoms with van der Waals surface area (Å²) in [7, 11) is 0. The highest BCUT2D eigenvalue weighted by Gasteiger charge is 2.12. The van der Waals surface area contributed by atoms with Crippen molar-refractivity contribution in [3.05, 3.63) is 50.0 Å². The molecule has 0 saturated carbocycles. The third-order valence-electron chi connectivity index (χ3n) is 3.65. The predicted octanol–water partition coefficient (Wildman–Crippen LogP) is 5.68. The second-order valence-electron chi connectivity index (χ2n) is 5.18. The molecule has 3 aromatic rings. The summed E-state index contributed by atoms with van der Waals surface area (Å²) in [5.41, 5.74) is 4.22. The molecule has 7 heteroatoms. The van der Waals surface area contributed by atoms with Crippen LogP contribution in [0.2, 0.25) is 10.0 Å². The number of rotatable bonds is 4. The zero-order chi connectivity index (χ0) is 16.6. The highest BCUT2D eigenvalue weighted by Crippen LogP contribution is 2.30. The number of fused-ring (bicyclic) bond motifs is 1. The van der Waals surface area contributed by atoms with Gasteiger partial charge in [0.1, 0.15) is 10.2 Å². The highest BCUT2D eigenvalue weighted by atomic mass is 35.5. The van der Waals surface area contributed by atoms with Crippen molar-refractivity contribution in [1.29, 1.82) is 0 Å². The molecule has 0 aliphatic rings. The second kappa shape index (κ2) is 6.51. The van der Waals surface area contributed by atoms with Crippen molar-refractivity contribution < 1.29 is 4.42 Å². The number of hydrogen-bond donors (Lipinski definition) is 2. The van der Waals surface area contributed by atoms with Crippen molar-refractivity contribution in [1.82, 2.24) is 9.97 Å². The number of halogens is 2. The van der Waals surface area contributed by atoms with Crippen molar-refractivity contribution in [2.75, 3.05) is 5.32 Å². The van der Waals surface area contributed by atoms with Gasteiger partial charge in [0.25, 0.3) is 0 Å². The smallest absolute Gasteiger partial charge is 0.214 e. The first-order valence-electron chi connectivity index (χ1n) is 7.19. The number of aromatic nitrogens is 2. The summed E-state index contributed by atoms with van der Waals surface area (Å²) in [5, 5.41) is 4.26. The number of hydrogen-bond acceptors (Lipinski definition) is 4. The van der Waals surface area contributed by atoms with E-state index in [9.17, 15) is 0 Å². The summed E-state index contributed by atoms with van der Waals surface area (Å²) in [6, 6.07) is 5.45. The van der Waals surface area contributed by atoms with E-state index in [1.807, 2.05) is 6.92 Å². The van der Waals surface area contributed by atoms with Crippen molar-refractivity contribution in [2.24, 2.45) is 0 Å². The topological polar surface area (TPSA) is 53.9 Å². The summed E-state index contributed by atoms with van der Waals surface area (Å²) in [4.78, 5) is 7.59. The predicted molar refractivity (Wildman–Crippen MR) is 97.1 cm³/mol. The van der Waals surface area contributed by atoms with Gasteiger partial charge in [0, 0.05) is 5.69 Å². The Bertz CT molecular complexity index is 894. The lowest BCUT2D eigenvalue weighted by atomic mass is 10.1. The van der Waals surface area contributed by atoms with E-state index in [0.717, 1.165) is 17.8 Å². The summed E-state index contributed by atoms with van der Waals surface area (Å²) in [6.45, 7) is 4.52. The number of aryl methyl sites for hydroxylation is 2. The number of nitrogens with one attached hydrogen (secondary N) is 2. The molecule has 0 amide bonds. The van der Waals surface area contributed by atoms with Gasteiger partial charge in [0.2, 0.25) is 5.89 Å². The van der Waals surface area contributed by atoms with E-state index >= 15 is 0 Å². The molecule has 3 rings (SSSR count). The van der Waals surface area contributed by atoms with Gasteiger partial charge in [0.05, 0.1) is 22.3 Å². The summed E-state index contributed by atoms with van der Waals surface area (Å²) in [6.07, 6.45) is 0.931. The lowest BCUT2D eigenvalue weighted by Gasteiger charge is -2.09. The maximum Gasteiger partial charge on any atom is 0.214 e. The second-order valence-corrected chi connectivity index (χ2v) is 6.41. The van der Waals surface area contributed by atoms with Crippen molar-refractivity contribution in [2.45, 2.75) is 26.8 Å². The molecule has 2 aromatic heterocycles. The van der Waals surface area contributed by atoms with Gasteiger partial charge in [-0.25, -0.2) is 4.98 Å². The van der Waals surface area contributed by atoms with Crippen LogP contribution in [0.1, 0.15) is 24.1 Å². The van der Waals surface area contributed by atoms with Crippen LogP contribution < -0.4 is 5.32 Å². The molecule has 0 aliphatic heterocycles. The van der Waals surface area contributed by atoms with Gasteiger partial charge in [-0.3, -0.25) is 0 Å². The van der Waals surface area contributed by atoms with Crippen LogP contribution in [0, 0.1) is 11.6 Å². The van der Waals surface area contributed by atoms with Crippen LogP contribution in [0.4, 0.5) is 5.69 Å². The number of anilines is 1. The molecular weight excluding hydrogens is 353 g/mol. The number of nitrogens with zero attached hydrogens (tertiary/aromatic N) is 1. The third kappa shape index (κ3) is 3.22. The molecule has 1 aromatic carbocycles. The minimum Gasteiger partial charge on any atom is -0.437 e. The Morgan fingerprint density at radius 1 is 1.30 bits per heavy atom. The monoisotopic (exact) mass is 367 g/mol. The molecule has 0 fully saturated rings. The molecule has 0 saturated heterocycles. The van der Waals surface area contributed by atoms with Gasteiger partial charge in [-0.2, -0.15) is 0 Å². The van der Waals surface area contributed by atoms with E-state index in [-0.39, 0.29) is 0 Å². The first kappa shape index (κ1) is 16.3. The maximum absolute atomic E-state index is 6.12. The van der Waals surface area contributed by atoms with Crippen LogP contribution >= 0.6 is 35.4 Å². The van der Waals surface area contributed by atoms with E-state index in [0.29, 0.717) is 38.2 Å². The summed E-state index contributed by atoms with van der Waals surface area (Å²) < 4.78 is 6.35. The normalized spacial score (nSPS) is 11.1. The number of H-pyrrole nitrogens is 1. The van der Waals surface area contributed by atoms with Crippen molar-refractivity contribution in [3.63, 3.8) is 0 Å². The fraction of sp³-hybridized carbons (Fsp3) is 0.250. The molecule has 2 heterocycles. The Morgan fingerprint density at radius 3 is 2.74 bits per heavy atom. The Kier molecular flexibility index (Phi) is 4.62. The lowest BCUT2D eigenvalue weighted by molar-refractivity contribution is 0.540. The Hall–Kier alpha value is -1.56. The summed E-state index contributed by atoms with van der Waals surface area (Å²) >= 11 is 17.6. The maximum atomic E-state index is 6.12. The molecular formula is C16H15Cl2N3OS. The van der Waals surface area contributed by atoms with Gasteiger partial charge in [0.15, 0.2) is 5.58 Å². The average Bonchev–Trinajstić information content (AvgIpc) is 2.96. The Morgan fingerprint density at radius 2 is 2.04 bits per heavy atom. The van der Waals surface area contributed by atoms with Crippen LogP contribution in [-0.4, -0.2) is 9.97 Å². The minimum absolute atomic E-state index is 0.394. The van der Waals surface area contributed by atoms with Crippen LogP contribution in [-0.2, 0) is 13.0 Å². The molecule has 2 N–H and O–H groups in total. The number of oxazole rings is 1. The van der Waals surface area contributed by atoms with Gasteiger partial charge >= 0.3 is 0 Å². The molecule has 23 heavy (non-hydrogen) atoms. The van der Waals surface area contributed by atoms with Crippen molar-refractivity contribution >= 4 is 52.2 Å². The fourth-order valence-corrected chi connectivity index (χ4v) is 3.07. The van der Waals surface area contributed by atoms with Gasteiger partial charge in [-0.1, -0.05) is 42.3 Å². The Balaban J connectivity index is 1.88. The molecule has 0 bridgehead atoms. The zero-order valence-electron chi connectivity index (χ0n) is 12.7. The van der Waals surface area contributed by atoms with Gasteiger partial charge in [-0.05, 0) is 37.1 Å². The molecule has 0 spiro atoms. The Labute approximate surface area is 148 Å². The standard InChI is InChI=1S/C16H15Cl2N3OS/c1-3-9-6-12(16(23)20-8(9)2)19-7-13-21-14-10(17)4-5-11(18)15(14)22-13/h4-6,19H,3,7H2,1-2H3,(H,20,23). The first-order chi connectivity index (χ1) is 11.0. The van der Waals surface area contributed by atoms with Crippen LogP contribution in [0.5, 0.6) is 0 Å². The SMILES string of the molecule is CCc1cc(NCc2nc3c(Cl)ccc(Cl)c3o2)c(=S)[nH]c1C. The molecule has 0 aliphatic carbocycles. The molecule has 0 atom stereocenters. The van der Waals surface area contributed by atoms with Crippen LogP contribution in [0.15, 0.2) is 22.6 Å².